The summed E-state index contributed by atoms with van der Waals surface area (Å²) in [5.74, 6) is -1.76. The lowest BCUT2D eigenvalue weighted by Gasteiger charge is -2.34. The number of esters is 2. The summed E-state index contributed by atoms with van der Waals surface area (Å²) in [4.78, 5) is 36.4. The van der Waals surface area contributed by atoms with Crippen LogP contribution in [-0.2, 0) is 28.6 Å². The SMILES string of the molecule is CCC/C=C\C/C=C\CCCCCCCC(=O)OC(COCCC(C(=O)[O-])[N+](C)(C)C)COC(=O)CCCCCCCCC. The molecule has 0 aromatic heterocycles. The Balaban J connectivity index is 4.47. The average molecular weight is 624 g/mol. The van der Waals surface area contributed by atoms with E-state index in [1.165, 1.54) is 32.1 Å². The van der Waals surface area contributed by atoms with Gasteiger partial charge in [0.05, 0.1) is 40.3 Å². The number of carbonyl (C=O) groups excluding carboxylic acids is 3. The van der Waals surface area contributed by atoms with Crippen LogP contribution >= 0.6 is 0 Å². The Morgan fingerprint density at radius 2 is 1.25 bits per heavy atom. The molecular formula is C36H65NO7. The Morgan fingerprint density at radius 1 is 0.682 bits per heavy atom. The van der Waals surface area contributed by atoms with E-state index in [-0.39, 0.29) is 42.7 Å². The fraction of sp³-hybridized carbons (Fsp3) is 0.806. The third kappa shape index (κ3) is 26.2. The predicted molar refractivity (Wildman–Crippen MR) is 176 cm³/mol. The van der Waals surface area contributed by atoms with Crippen molar-refractivity contribution < 1.29 is 38.2 Å². The second-order valence-electron chi connectivity index (χ2n) is 12.8. The summed E-state index contributed by atoms with van der Waals surface area (Å²) in [6, 6.07) is -0.723. The summed E-state index contributed by atoms with van der Waals surface area (Å²) in [5.41, 5.74) is 0. The van der Waals surface area contributed by atoms with Gasteiger partial charge in [-0.3, -0.25) is 9.59 Å². The zero-order valence-corrected chi connectivity index (χ0v) is 28.8. The molecule has 0 amide bonds. The van der Waals surface area contributed by atoms with Crippen molar-refractivity contribution in [3.63, 3.8) is 0 Å². The van der Waals surface area contributed by atoms with Crippen molar-refractivity contribution in [2.75, 3.05) is 41.0 Å². The molecule has 8 nitrogen and oxygen atoms in total. The van der Waals surface area contributed by atoms with E-state index in [9.17, 15) is 19.5 Å². The van der Waals surface area contributed by atoms with Crippen molar-refractivity contribution in [1.82, 2.24) is 0 Å². The maximum Gasteiger partial charge on any atom is 0.306 e. The largest absolute Gasteiger partial charge is 0.544 e. The minimum absolute atomic E-state index is 0.0370. The molecule has 0 aliphatic carbocycles. The lowest BCUT2D eigenvalue weighted by Crippen LogP contribution is -2.55. The summed E-state index contributed by atoms with van der Waals surface area (Å²) in [7, 11) is 5.38. The van der Waals surface area contributed by atoms with Gasteiger partial charge in [-0.25, -0.2) is 0 Å². The van der Waals surface area contributed by atoms with Crippen LogP contribution in [0.15, 0.2) is 24.3 Å². The number of carboxylic acid groups (broad SMARTS) is 1. The molecule has 2 unspecified atom stereocenters. The molecular weight excluding hydrogens is 558 g/mol. The molecule has 0 aliphatic heterocycles. The highest BCUT2D eigenvalue weighted by Crippen LogP contribution is 2.12. The van der Waals surface area contributed by atoms with Gasteiger partial charge in [0.2, 0.25) is 0 Å². The fourth-order valence-corrected chi connectivity index (χ4v) is 4.81. The number of quaternary nitrogens is 1. The number of ether oxygens (including phenoxy) is 3. The van der Waals surface area contributed by atoms with E-state index in [1.54, 1.807) is 21.1 Å². The Labute approximate surface area is 269 Å². The first-order valence-electron chi connectivity index (χ1n) is 17.4. The highest BCUT2D eigenvalue weighted by molar-refractivity contribution is 5.70. The molecule has 0 N–H and O–H groups in total. The van der Waals surface area contributed by atoms with Gasteiger partial charge < -0.3 is 28.6 Å². The molecule has 0 radical (unpaired) electrons. The number of rotatable bonds is 30. The van der Waals surface area contributed by atoms with E-state index in [4.69, 9.17) is 14.2 Å². The quantitative estimate of drug-likeness (QED) is 0.0373. The monoisotopic (exact) mass is 623 g/mol. The summed E-state index contributed by atoms with van der Waals surface area (Å²) in [6.45, 7) is 4.51. The van der Waals surface area contributed by atoms with Crippen molar-refractivity contribution in [3.05, 3.63) is 24.3 Å². The fourth-order valence-electron chi connectivity index (χ4n) is 4.81. The molecule has 0 fully saturated rings. The Morgan fingerprint density at radius 3 is 1.84 bits per heavy atom. The summed E-state index contributed by atoms with van der Waals surface area (Å²) in [6.07, 6.45) is 26.4. The van der Waals surface area contributed by atoms with E-state index in [2.05, 4.69) is 38.2 Å². The zero-order valence-electron chi connectivity index (χ0n) is 28.8. The summed E-state index contributed by atoms with van der Waals surface area (Å²) < 4.78 is 17.0. The van der Waals surface area contributed by atoms with Crippen molar-refractivity contribution >= 4 is 17.9 Å². The highest BCUT2D eigenvalue weighted by Gasteiger charge is 2.25. The van der Waals surface area contributed by atoms with Gasteiger partial charge in [0.1, 0.15) is 12.6 Å². The molecule has 0 aromatic carbocycles. The van der Waals surface area contributed by atoms with Crippen molar-refractivity contribution in [1.29, 1.82) is 0 Å². The van der Waals surface area contributed by atoms with Crippen molar-refractivity contribution in [2.24, 2.45) is 0 Å². The summed E-state index contributed by atoms with van der Waals surface area (Å²) >= 11 is 0. The molecule has 44 heavy (non-hydrogen) atoms. The lowest BCUT2D eigenvalue weighted by molar-refractivity contribution is -0.889. The number of nitrogens with zero attached hydrogens (tertiary/aromatic N) is 1. The first-order chi connectivity index (χ1) is 21.1. The third-order valence-corrected chi connectivity index (χ3v) is 7.57. The van der Waals surface area contributed by atoms with Gasteiger partial charge in [-0.2, -0.15) is 0 Å². The third-order valence-electron chi connectivity index (χ3n) is 7.57. The van der Waals surface area contributed by atoms with Gasteiger partial charge in [-0.15, -0.1) is 0 Å². The minimum atomic E-state index is -1.13. The van der Waals surface area contributed by atoms with Gasteiger partial charge in [0.15, 0.2) is 6.10 Å². The molecule has 0 saturated carbocycles. The van der Waals surface area contributed by atoms with Crippen LogP contribution in [-0.4, -0.2) is 75.5 Å². The molecule has 256 valence electrons. The number of aliphatic carboxylic acids is 1. The molecule has 2 atom stereocenters. The van der Waals surface area contributed by atoms with Crippen LogP contribution in [0.1, 0.15) is 136 Å². The topological polar surface area (TPSA) is 102 Å². The number of likely N-dealkylation sites (N-methyl/N-ethyl adjacent to an activating group) is 1. The van der Waals surface area contributed by atoms with Crippen LogP contribution in [0, 0.1) is 0 Å². The second kappa shape index (κ2) is 28.3. The molecule has 0 rings (SSSR count). The van der Waals surface area contributed by atoms with E-state index >= 15 is 0 Å². The number of unbranched alkanes of at least 4 members (excludes halogenated alkanes) is 12. The van der Waals surface area contributed by atoms with E-state index in [0.717, 1.165) is 70.6 Å². The first kappa shape index (κ1) is 41.8. The second-order valence-corrected chi connectivity index (χ2v) is 12.8. The standard InChI is InChI=1S/C36H65NO7/c1-6-8-10-12-14-15-16-17-18-19-21-23-25-27-35(39)44-32(30-42-29-28-33(36(40)41)37(3,4)5)31-43-34(38)26-24-22-20-13-11-9-7-2/h10,12,15-16,32-33H,6-9,11,13-14,17-31H2,1-5H3/b12-10-,16-15-. The molecule has 0 saturated heterocycles. The van der Waals surface area contributed by atoms with E-state index in [1.807, 2.05) is 0 Å². The smallest absolute Gasteiger partial charge is 0.306 e. The molecule has 0 heterocycles. The first-order valence-corrected chi connectivity index (χ1v) is 17.4. The van der Waals surface area contributed by atoms with Crippen molar-refractivity contribution in [2.45, 2.75) is 148 Å². The number of allylic oxidation sites excluding steroid dienone is 4. The van der Waals surface area contributed by atoms with Gasteiger partial charge in [-0.1, -0.05) is 102 Å². The van der Waals surface area contributed by atoms with Crippen LogP contribution in [0.2, 0.25) is 0 Å². The van der Waals surface area contributed by atoms with Crippen LogP contribution < -0.4 is 5.11 Å². The molecule has 0 aromatic rings. The zero-order chi connectivity index (χ0) is 32.9. The number of carboxylic acids is 1. The van der Waals surface area contributed by atoms with Crippen LogP contribution in [0.5, 0.6) is 0 Å². The number of carbonyl (C=O) groups is 3. The molecule has 0 aliphatic rings. The highest BCUT2D eigenvalue weighted by atomic mass is 16.6. The maximum atomic E-state index is 12.6. The summed E-state index contributed by atoms with van der Waals surface area (Å²) in [5, 5.41) is 11.5. The van der Waals surface area contributed by atoms with Gasteiger partial charge in [-0.05, 0) is 38.5 Å². The molecule has 8 heteroatoms. The molecule has 0 bridgehead atoms. The van der Waals surface area contributed by atoms with E-state index < -0.39 is 18.1 Å². The Kier molecular flexibility index (Phi) is 26.9. The molecule has 0 spiro atoms. The van der Waals surface area contributed by atoms with Gasteiger partial charge in [0.25, 0.3) is 0 Å². The minimum Gasteiger partial charge on any atom is -0.544 e. The number of hydrogen-bond acceptors (Lipinski definition) is 7. The van der Waals surface area contributed by atoms with Crippen LogP contribution in [0.25, 0.3) is 0 Å². The Bertz CT molecular complexity index is 788. The Hall–Kier alpha value is -2.19. The average Bonchev–Trinajstić information content (AvgIpc) is 2.96. The van der Waals surface area contributed by atoms with Crippen LogP contribution in [0.4, 0.5) is 0 Å². The lowest BCUT2D eigenvalue weighted by atomic mass is 10.1. The van der Waals surface area contributed by atoms with E-state index in [0.29, 0.717) is 12.8 Å². The van der Waals surface area contributed by atoms with Crippen molar-refractivity contribution in [3.8, 4) is 0 Å². The normalized spacial score (nSPS) is 13.4. The maximum absolute atomic E-state index is 12.6. The van der Waals surface area contributed by atoms with Crippen LogP contribution in [0.3, 0.4) is 0 Å². The number of hydrogen-bond donors (Lipinski definition) is 0. The van der Waals surface area contributed by atoms with Gasteiger partial charge in [0, 0.05) is 19.3 Å². The predicted octanol–water partition coefficient (Wildman–Crippen LogP) is 6.85. The van der Waals surface area contributed by atoms with Gasteiger partial charge >= 0.3 is 11.9 Å².